The van der Waals surface area contributed by atoms with E-state index in [9.17, 15) is 14.4 Å². The number of likely N-dealkylation sites (N-methyl/N-ethyl adjacent to an activating group) is 1. The summed E-state index contributed by atoms with van der Waals surface area (Å²) in [5.74, 6) is -0.167. The molecular formula is C27H32N4O3. The Morgan fingerprint density at radius 1 is 1.09 bits per heavy atom. The molecule has 7 heteroatoms. The normalized spacial score (nSPS) is 18.8. The summed E-state index contributed by atoms with van der Waals surface area (Å²) in [7, 11) is 0. The van der Waals surface area contributed by atoms with Gasteiger partial charge in [0, 0.05) is 13.1 Å². The lowest BCUT2D eigenvalue weighted by Crippen LogP contribution is -2.47. The molecule has 0 fully saturated rings. The average Bonchev–Trinajstić information content (AvgIpc) is 3.15. The molecule has 0 spiro atoms. The Labute approximate surface area is 200 Å². The maximum atomic E-state index is 13.9. The number of hydrogen-bond acceptors (Lipinski definition) is 3. The second-order valence-corrected chi connectivity index (χ2v) is 9.28. The molecule has 2 aliphatic heterocycles. The minimum Gasteiger partial charge on any atom is -0.354 e. The number of aryl methyl sites for hydroxylation is 1. The van der Waals surface area contributed by atoms with E-state index in [2.05, 4.69) is 10.6 Å². The molecule has 2 N–H and O–H groups in total. The number of hydrogen-bond donors (Lipinski definition) is 2. The van der Waals surface area contributed by atoms with Crippen LogP contribution in [0, 0.1) is 12.8 Å². The average molecular weight is 461 g/mol. The predicted octanol–water partition coefficient (Wildman–Crippen LogP) is 3.69. The van der Waals surface area contributed by atoms with Crippen molar-refractivity contribution in [2.24, 2.45) is 5.92 Å². The first-order valence-corrected chi connectivity index (χ1v) is 11.8. The smallest absolute Gasteiger partial charge is 0.322 e. The van der Waals surface area contributed by atoms with Crippen LogP contribution in [0.5, 0.6) is 0 Å². The molecule has 0 bridgehead atoms. The Morgan fingerprint density at radius 3 is 2.38 bits per heavy atom. The lowest BCUT2D eigenvalue weighted by atomic mass is 9.95. The first-order chi connectivity index (χ1) is 16.3. The number of benzene rings is 2. The van der Waals surface area contributed by atoms with Gasteiger partial charge in [-0.3, -0.25) is 14.5 Å². The number of rotatable bonds is 7. The van der Waals surface area contributed by atoms with Crippen LogP contribution in [0.15, 0.2) is 65.9 Å². The van der Waals surface area contributed by atoms with Gasteiger partial charge in [0.05, 0.1) is 23.9 Å². The fourth-order valence-corrected chi connectivity index (χ4v) is 4.57. The van der Waals surface area contributed by atoms with Crippen molar-refractivity contribution in [3.63, 3.8) is 0 Å². The zero-order valence-electron chi connectivity index (χ0n) is 20.2. The van der Waals surface area contributed by atoms with Gasteiger partial charge in [0.1, 0.15) is 6.04 Å². The van der Waals surface area contributed by atoms with Crippen molar-refractivity contribution in [3.8, 4) is 0 Å². The number of amides is 4. The van der Waals surface area contributed by atoms with Crippen molar-refractivity contribution >= 4 is 17.8 Å². The summed E-state index contributed by atoms with van der Waals surface area (Å²) in [6.07, 6.45) is 0. The lowest BCUT2D eigenvalue weighted by molar-refractivity contribution is -0.136. The fourth-order valence-electron chi connectivity index (χ4n) is 4.57. The van der Waals surface area contributed by atoms with Crippen molar-refractivity contribution in [1.29, 1.82) is 0 Å². The standard InChI is InChI=1S/C27H32N4O3/c1-5-30-21-16-31(24(20-9-7-6-8-10-20)25(32)28-15-17(2)3)26(33)22(21)23(29-27(30)34)19-13-11-18(4)12-14-19/h6-14,17,23-24H,5,15-16H2,1-4H3,(H,28,32)(H,29,34)/t23-,24+/m1/s1. The van der Waals surface area contributed by atoms with E-state index < -0.39 is 12.1 Å². The highest BCUT2D eigenvalue weighted by Gasteiger charge is 2.47. The third-order valence-corrected chi connectivity index (χ3v) is 6.34. The third kappa shape index (κ3) is 4.42. The quantitative estimate of drug-likeness (QED) is 0.661. The Balaban J connectivity index is 1.74. The van der Waals surface area contributed by atoms with Gasteiger partial charge < -0.3 is 15.5 Å². The molecule has 0 saturated carbocycles. The molecule has 0 aromatic heterocycles. The summed E-state index contributed by atoms with van der Waals surface area (Å²) in [5.41, 5.74) is 3.88. The van der Waals surface area contributed by atoms with Crippen LogP contribution in [-0.2, 0) is 9.59 Å². The van der Waals surface area contributed by atoms with Gasteiger partial charge in [-0.25, -0.2) is 4.79 Å². The van der Waals surface area contributed by atoms with E-state index in [1.807, 2.05) is 82.3 Å². The monoisotopic (exact) mass is 460 g/mol. The molecule has 0 aliphatic carbocycles. The van der Waals surface area contributed by atoms with Crippen LogP contribution in [0.3, 0.4) is 0 Å². The van der Waals surface area contributed by atoms with Crippen LogP contribution in [-0.4, -0.2) is 47.3 Å². The van der Waals surface area contributed by atoms with Crippen molar-refractivity contribution in [1.82, 2.24) is 20.4 Å². The number of carbonyl (C=O) groups is 3. The molecule has 4 amide bonds. The molecule has 178 valence electrons. The highest BCUT2D eigenvalue weighted by molar-refractivity contribution is 6.03. The van der Waals surface area contributed by atoms with Crippen LogP contribution >= 0.6 is 0 Å². The maximum Gasteiger partial charge on any atom is 0.322 e. The molecule has 2 aromatic carbocycles. The van der Waals surface area contributed by atoms with Crippen LogP contribution in [0.1, 0.15) is 49.5 Å². The summed E-state index contributed by atoms with van der Waals surface area (Å²) in [6, 6.07) is 15.6. The number of nitrogens with zero attached hydrogens (tertiary/aromatic N) is 2. The van der Waals surface area contributed by atoms with Gasteiger partial charge in [-0.15, -0.1) is 0 Å². The van der Waals surface area contributed by atoms with Crippen molar-refractivity contribution < 1.29 is 14.4 Å². The lowest BCUT2D eigenvalue weighted by Gasteiger charge is -2.33. The summed E-state index contributed by atoms with van der Waals surface area (Å²) in [5, 5.41) is 6.00. The molecule has 7 nitrogen and oxygen atoms in total. The Kier molecular flexibility index (Phi) is 6.72. The summed E-state index contributed by atoms with van der Waals surface area (Å²) >= 11 is 0. The Bertz CT molecular complexity index is 1110. The van der Waals surface area contributed by atoms with Gasteiger partial charge in [-0.2, -0.15) is 0 Å². The van der Waals surface area contributed by atoms with Gasteiger partial charge in [-0.05, 0) is 30.9 Å². The van der Waals surface area contributed by atoms with Gasteiger partial charge in [0.15, 0.2) is 0 Å². The van der Waals surface area contributed by atoms with Gasteiger partial charge in [0.25, 0.3) is 5.91 Å². The molecule has 2 aromatic rings. The molecule has 0 radical (unpaired) electrons. The summed E-state index contributed by atoms with van der Waals surface area (Å²) in [6.45, 7) is 9.09. The van der Waals surface area contributed by atoms with Crippen LogP contribution < -0.4 is 10.6 Å². The Hall–Kier alpha value is -3.61. The van der Waals surface area contributed by atoms with Crippen LogP contribution in [0.4, 0.5) is 4.79 Å². The van der Waals surface area contributed by atoms with E-state index in [0.717, 1.165) is 16.7 Å². The largest absolute Gasteiger partial charge is 0.354 e. The molecule has 2 heterocycles. The van der Waals surface area contributed by atoms with E-state index in [4.69, 9.17) is 0 Å². The second-order valence-electron chi connectivity index (χ2n) is 9.28. The van der Waals surface area contributed by atoms with Crippen molar-refractivity contribution in [3.05, 3.63) is 82.6 Å². The molecule has 2 atom stereocenters. The topological polar surface area (TPSA) is 81.8 Å². The highest BCUT2D eigenvalue weighted by atomic mass is 16.2. The number of nitrogens with one attached hydrogen (secondary N) is 2. The SMILES string of the molecule is CCN1C(=O)N[C@H](c2ccc(C)cc2)C2=C1CN([C@H](C(=O)NCC(C)C)c1ccccc1)C2=O. The van der Waals surface area contributed by atoms with Crippen LogP contribution in [0.2, 0.25) is 0 Å². The number of carbonyl (C=O) groups excluding carboxylic acids is 3. The van der Waals surface area contributed by atoms with Gasteiger partial charge in [-0.1, -0.05) is 74.0 Å². The number of urea groups is 1. The van der Waals surface area contributed by atoms with Gasteiger partial charge in [0.2, 0.25) is 5.91 Å². The second kappa shape index (κ2) is 9.71. The fraction of sp³-hybridized carbons (Fsp3) is 0.370. The molecule has 0 saturated heterocycles. The van der Waals surface area contributed by atoms with E-state index >= 15 is 0 Å². The van der Waals surface area contributed by atoms with E-state index in [1.165, 1.54) is 0 Å². The van der Waals surface area contributed by atoms with Gasteiger partial charge >= 0.3 is 6.03 Å². The first-order valence-electron chi connectivity index (χ1n) is 11.8. The maximum absolute atomic E-state index is 13.9. The summed E-state index contributed by atoms with van der Waals surface area (Å²) < 4.78 is 0. The minimum absolute atomic E-state index is 0.201. The molecule has 34 heavy (non-hydrogen) atoms. The first kappa shape index (κ1) is 23.5. The zero-order chi connectivity index (χ0) is 24.4. The predicted molar refractivity (Wildman–Crippen MR) is 131 cm³/mol. The molecule has 4 rings (SSSR count). The van der Waals surface area contributed by atoms with E-state index in [0.29, 0.717) is 24.4 Å². The highest BCUT2D eigenvalue weighted by Crippen LogP contribution is 2.39. The summed E-state index contributed by atoms with van der Waals surface area (Å²) in [4.78, 5) is 43.5. The Morgan fingerprint density at radius 2 is 1.76 bits per heavy atom. The molecule has 2 aliphatic rings. The van der Waals surface area contributed by atoms with Crippen molar-refractivity contribution in [2.75, 3.05) is 19.6 Å². The third-order valence-electron chi connectivity index (χ3n) is 6.34. The van der Waals surface area contributed by atoms with Crippen LogP contribution in [0.25, 0.3) is 0 Å². The molecule has 0 unspecified atom stereocenters. The van der Waals surface area contributed by atoms with E-state index in [1.54, 1.807) is 9.80 Å². The zero-order valence-corrected chi connectivity index (χ0v) is 20.2. The minimum atomic E-state index is -0.787. The van der Waals surface area contributed by atoms with E-state index in [-0.39, 0.29) is 30.3 Å². The molecular weight excluding hydrogens is 428 g/mol. The van der Waals surface area contributed by atoms with Crippen molar-refractivity contribution in [2.45, 2.75) is 39.8 Å².